The highest BCUT2D eigenvalue weighted by Gasteiger charge is 2.24. The van der Waals surface area contributed by atoms with Crippen molar-refractivity contribution in [2.45, 2.75) is 72.1 Å². The van der Waals surface area contributed by atoms with E-state index in [0.29, 0.717) is 0 Å². The zero-order chi connectivity index (χ0) is 13.9. The van der Waals surface area contributed by atoms with Crippen LogP contribution in [0.2, 0.25) is 0 Å². The molecular weight excluding hydrogens is 258 g/mol. The van der Waals surface area contributed by atoms with Crippen LogP contribution in [-0.4, -0.2) is 21.6 Å². The maximum Gasteiger partial charge on any atom is 0.113 e. The van der Waals surface area contributed by atoms with Gasteiger partial charge in [0.15, 0.2) is 0 Å². The quantitative estimate of drug-likeness (QED) is 0.417. The summed E-state index contributed by atoms with van der Waals surface area (Å²) in [7, 11) is -0.803. The highest BCUT2D eigenvalue weighted by atomic mass is 32.3. The van der Waals surface area contributed by atoms with Crippen LogP contribution in [0.1, 0.15) is 72.1 Å². The van der Waals surface area contributed by atoms with Crippen molar-refractivity contribution in [1.29, 1.82) is 0 Å². The van der Waals surface area contributed by atoms with Crippen LogP contribution >= 0.6 is 22.2 Å². The average Bonchev–Trinajstić information content (AvgIpc) is 2.37. The highest BCUT2D eigenvalue weighted by Crippen LogP contribution is 2.49. The first-order valence-electron chi connectivity index (χ1n) is 7.68. The van der Waals surface area contributed by atoms with Crippen molar-refractivity contribution in [2.75, 3.05) is 17.3 Å². The van der Waals surface area contributed by atoms with Crippen molar-refractivity contribution in [1.82, 2.24) is 0 Å². The Balaban J connectivity index is 4.19. The van der Waals surface area contributed by atoms with Gasteiger partial charge in [0.05, 0.1) is 0 Å². The summed E-state index contributed by atoms with van der Waals surface area (Å²) in [5.74, 6) is 3.76. The summed E-state index contributed by atoms with van der Waals surface area (Å²) in [5, 5.41) is 0. The Kier molecular flexibility index (Phi) is 11.2. The van der Waals surface area contributed by atoms with Crippen molar-refractivity contribution in [2.24, 2.45) is 5.73 Å². The van der Waals surface area contributed by atoms with E-state index in [-0.39, 0.29) is 0 Å². The van der Waals surface area contributed by atoms with Gasteiger partial charge in [0.2, 0.25) is 0 Å². The molecule has 0 aromatic carbocycles. The van der Waals surface area contributed by atoms with Gasteiger partial charge in [-0.3, -0.25) is 0 Å². The lowest BCUT2D eigenvalue weighted by Crippen LogP contribution is -2.26. The van der Waals surface area contributed by atoms with Gasteiger partial charge < -0.3 is 5.73 Å². The van der Waals surface area contributed by atoms with Crippen molar-refractivity contribution in [3.8, 4) is 0 Å². The molecule has 3 heteroatoms. The molecule has 0 saturated carbocycles. The van der Waals surface area contributed by atoms with Gasteiger partial charge in [-0.2, -0.15) is 10.0 Å². The Bertz CT molecular complexity index is 205. The van der Waals surface area contributed by atoms with Gasteiger partial charge in [-0.1, -0.05) is 71.5 Å². The van der Waals surface area contributed by atoms with E-state index in [9.17, 15) is 0 Å². The van der Waals surface area contributed by atoms with Crippen LogP contribution in [0, 0.1) is 0 Å². The molecule has 0 unspecified atom stereocenters. The fraction of sp³-hybridized carbons (Fsp3) is 0.933. The number of thiocarbonyl (C=S) groups is 1. The number of rotatable bonds is 11. The van der Waals surface area contributed by atoms with Gasteiger partial charge in [0, 0.05) is 0 Å². The smallest absolute Gasteiger partial charge is 0.113 e. The summed E-state index contributed by atoms with van der Waals surface area (Å²) < 4.78 is 0.845. The predicted molar refractivity (Wildman–Crippen MR) is 92.9 cm³/mol. The van der Waals surface area contributed by atoms with E-state index in [1.807, 2.05) is 0 Å². The molecule has 0 fully saturated rings. The molecule has 0 aliphatic heterocycles. The molecule has 0 rings (SSSR count). The average molecular weight is 292 g/mol. The molecule has 1 nitrogen and oxygen atoms in total. The Morgan fingerprint density at radius 2 is 1.28 bits per heavy atom. The SMILES string of the molecule is CCCCCCS(CC)(CCCCCC)C(N)=S. The van der Waals surface area contributed by atoms with Gasteiger partial charge in [-0.15, -0.1) is 0 Å². The van der Waals surface area contributed by atoms with Gasteiger partial charge in [0.25, 0.3) is 0 Å². The van der Waals surface area contributed by atoms with Crippen LogP contribution in [0.15, 0.2) is 0 Å². The first-order valence-corrected chi connectivity index (χ1v) is 10.2. The number of hydrogen-bond donors (Lipinski definition) is 1. The molecule has 0 bridgehead atoms. The highest BCUT2D eigenvalue weighted by molar-refractivity contribution is 8.49. The van der Waals surface area contributed by atoms with E-state index in [0.717, 1.165) is 4.32 Å². The first kappa shape index (κ1) is 18.2. The first-order chi connectivity index (χ1) is 8.63. The van der Waals surface area contributed by atoms with E-state index in [2.05, 4.69) is 20.8 Å². The van der Waals surface area contributed by atoms with Crippen LogP contribution in [-0.2, 0) is 0 Å². The normalized spacial score (nSPS) is 12.6. The zero-order valence-electron chi connectivity index (χ0n) is 12.7. The molecule has 0 aliphatic rings. The minimum atomic E-state index is -0.803. The lowest BCUT2D eigenvalue weighted by Gasteiger charge is -2.38. The second-order valence-electron chi connectivity index (χ2n) is 5.18. The van der Waals surface area contributed by atoms with E-state index in [1.165, 1.54) is 68.6 Å². The molecular formula is C15H33NS2. The number of unbranched alkanes of at least 4 members (excludes halogenated alkanes) is 6. The van der Waals surface area contributed by atoms with E-state index in [1.54, 1.807) is 0 Å². The third kappa shape index (κ3) is 6.98. The van der Waals surface area contributed by atoms with Crippen LogP contribution in [0.4, 0.5) is 0 Å². The molecule has 0 spiro atoms. The molecule has 18 heavy (non-hydrogen) atoms. The second kappa shape index (κ2) is 11.1. The fourth-order valence-corrected chi connectivity index (χ4v) is 6.18. The molecule has 0 amide bonds. The largest absolute Gasteiger partial charge is 0.386 e. The summed E-state index contributed by atoms with van der Waals surface area (Å²) in [6.07, 6.45) is 10.7. The Hall–Kier alpha value is 0.240. The van der Waals surface area contributed by atoms with Gasteiger partial charge in [-0.05, 0) is 30.1 Å². The van der Waals surface area contributed by atoms with Crippen molar-refractivity contribution in [3.05, 3.63) is 0 Å². The summed E-state index contributed by atoms with van der Waals surface area (Å²) >= 11 is 5.40. The maximum absolute atomic E-state index is 6.08. The van der Waals surface area contributed by atoms with Crippen molar-refractivity contribution < 1.29 is 0 Å². The van der Waals surface area contributed by atoms with E-state index >= 15 is 0 Å². The summed E-state index contributed by atoms with van der Waals surface area (Å²) in [5.41, 5.74) is 6.08. The minimum absolute atomic E-state index is 0.803. The van der Waals surface area contributed by atoms with E-state index < -0.39 is 10.0 Å². The standard InChI is InChI=1S/C15H33NS2/c1-4-7-9-11-13-18(6-3,15(16)17)14-12-10-8-5-2/h4-14H2,1-3H3,(H2,16,17). The third-order valence-electron chi connectivity index (χ3n) is 3.76. The van der Waals surface area contributed by atoms with E-state index in [4.69, 9.17) is 18.0 Å². The molecule has 2 N–H and O–H groups in total. The maximum atomic E-state index is 6.08. The molecule has 110 valence electrons. The Morgan fingerprint density at radius 1 is 0.833 bits per heavy atom. The molecule has 0 radical (unpaired) electrons. The molecule has 0 heterocycles. The Morgan fingerprint density at radius 3 is 1.56 bits per heavy atom. The summed E-state index contributed by atoms with van der Waals surface area (Å²) in [4.78, 5) is 0. The van der Waals surface area contributed by atoms with Crippen molar-refractivity contribution >= 4 is 26.6 Å². The zero-order valence-corrected chi connectivity index (χ0v) is 14.3. The summed E-state index contributed by atoms with van der Waals surface area (Å²) in [6, 6.07) is 0. The van der Waals surface area contributed by atoms with Gasteiger partial charge >= 0.3 is 0 Å². The monoisotopic (exact) mass is 291 g/mol. The molecule has 0 saturated heterocycles. The number of hydrogen-bond acceptors (Lipinski definition) is 1. The van der Waals surface area contributed by atoms with Gasteiger partial charge in [0.1, 0.15) is 4.32 Å². The van der Waals surface area contributed by atoms with Crippen molar-refractivity contribution in [3.63, 3.8) is 0 Å². The van der Waals surface area contributed by atoms with Crippen LogP contribution < -0.4 is 5.73 Å². The predicted octanol–water partition coefficient (Wildman–Crippen LogP) is 5.22. The number of nitrogens with two attached hydrogens (primary N) is 1. The van der Waals surface area contributed by atoms with Crippen LogP contribution in [0.25, 0.3) is 0 Å². The van der Waals surface area contributed by atoms with Gasteiger partial charge in [-0.25, -0.2) is 0 Å². The fourth-order valence-electron chi connectivity index (χ4n) is 2.34. The van der Waals surface area contributed by atoms with Crippen LogP contribution in [0.5, 0.6) is 0 Å². The third-order valence-corrected chi connectivity index (χ3v) is 8.92. The molecule has 0 aromatic heterocycles. The second-order valence-corrected chi connectivity index (χ2v) is 9.81. The summed E-state index contributed by atoms with van der Waals surface area (Å²) in [6.45, 7) is 6.81. The molecule has 0 aliphatic carbocycles. The van der Waals surface area contributed by atoms with Crippen LogP contribution in [0.3, 0.4) is 0 Å². The molecule has 0 aromatic rings. The lowest BCUT2D eigenvalue weighted by molar-refractivity contribution is 0.697. The lowest BCUT2D eigenvalue weighted by atomic mass is 10.2. The topological polar surface area (TPSA) is 26.0 Å². The Labute approximate surface area is 122 Å². The minimum Gasteiger partial charge on any atom is -0.386 e. The molecule has 0 atom stereocenters.